The van der Waals surface area contributed by atoms with Gasteiger partial charge in [-0.1, -0.05) is 258 Å². The zero-order valence-electron chi connectivity index (χ0n) is 56.6. The molecule has 500 valence electrons. The van der Waals surface area contributed by atoms with E-state index < -0.39 is 24.4 Å². The van der Waals surface area contributed by atoms with Crippen LogP contribution < -0.4 is 0 Å². The Morgan fingerprint density at radius 1 is 0.381 bits per heavy atom. The molecule has 0 aliphatic rings. The zero-order valence-corrected chi connectivity index (χ0v) is 56.6. The Labute approximate surface area is 522 Å². The minimum atomic E-state index is -0.461. The van der Waals surface area contributed by atoms with E-state index in [-0.39, 0.29) is 25.1 Å². The number of carbonyl (C=O) groups is 1. The Kier molecular flexibility index (Phi) is 63.6. The standard InChI is InChI=1S/C74H146N2O8/c1-6-11-16-20-22-23-24-25-26-27-28-29-30-34-39-54-71(80)64-76(57-47-59-78)66-73(82)69(51-38-19-14-9-4)52-43-42-49-67(48-15-10-5)61-68(50-37-33-21-17-12-7-2)62-72(81)65-75(56-44-45-58-77)63-70(79)53-40-35-31-36-46-60-84-74(83)55-41-32-18-13-8-3/h22-23,25-26,67-73,77-82H,6-21,24,27-66H2,1-5H3/b23-22-,26-25-/t67?,68?,69?,70-,71-,72+,73-/m0/s1. The molecule has 3 unspecified atom stereocenters. The molecule has 0 aromatic heterocycles. The van der Waals surface area contributed by atoms with Crippen LogP contribution in [0.1, 0.15) is 343 Å². The van der Waals surface area contributed by atoms with Gasteiger partial charge in [0.15, 0.2) is 0 Å². The van der Waals surface area contributed by atoms with Crippen molar-refractivity contribution in [1.29, 1.82) is 0 Å². The van der Waals surface area contributed by atoms with Gasteiger partial charge in [0.05, 0.1) is 31.0 Å². The lowest BCUT2D eigenvalue weighted by molar-refractivity contribution is -0.143. The summed E-state index contributed by atoms with van der Waals surface area (Å²) in [6, 6.07) is 0. The lowest BCUT2D eigenvalue weighted by Gasteiger charge is -2.31. The van der Waals surface area contributed by atoms with Crippen molar-refractivity contribution in [3.8, 4) is 0 Å². The molecule has 0 spiro atoms. The maximum absolute atomic E-state index is 12.1. The molecule has 0 aromatic carbocycles. The van der Waals surface area contributed by atoms with Crippen LogP contribution >= 0.6 is 0 Å². The van der Waals surface area contributed by atoms with Gasteiger partial charge in [-0.15, -0.1) is 0 Å². The highest BCUT2D eigenvalue weighted by molar-refractivity contribution is 5.69. The Hall–Kier alpha value is -1.37. The maximum Gasteiger partial charge on any atom is 0.305 e. The minimum absolute atomic E-state index is 0.0634. The molecule has 0 rings (SSSR count). The van der Waals surface area contributed by atoms with Gasteiger partial charge in [0.2, 0.25) is 0 Å². The van der Waals surface area contributed by atoms with Gasteiger partial charge in [0, 0.05) is 52.4 Å². The molecule has 6 N–H and O–H groups in total. The molecular formula is C74H146N2O8. The van der Waals surface area contributed by atoms with E-state index in [1.165, 1.54) is 148 Å². The Morgan fingerprint density at radius 3 is 1.39 bits per heavy atom. The van der Waals surface area contributed by atoms with Crippen LogP contribution in [0, 0.1) is 17.8 Å². The van der Waals surface area contributed by atoms with Crippen molar-refractivity contribution < 1.29 is 40.2 Å². The van der Waals surface area contributed by atoms with Crippen molar-refractivity contribution in [2.75, 3.05) is 59.1 Å². The van der Waals surface area contributed by atoms with E-state index in [0.29, 0.717) is 64.0 Å². The largest absolute Gasteiger partial charge is 0.466 e. The van der Waals surface area contributed by atoms with Crippen LogP contribution in [0.15, 0.2) is 24.3 Å². The van der Waals surface area contributed by atoms with Gasteiger partial charge >= 0.3 is 5.97 Å². The predicted octanol–water partition coefficient (Wildman–Crippen LogP) is 18.3. The average Bonchev–Trinajstić information content (AvgIpc) is 3.47. The molecule has 0 aliphatic heterocycles. The summed E-state index contributed by atoms with van der Waals surface area (Å²) in [6.07, 6.45) is 60.2. The van der Waals surface area contributed by atoms with Gasteiger partial charge < -0.3 is 35.4 Å². The summed E-state index contributed by atoms with van der Waals surface area (Å²) in [4.78, 5) is 16.6. The van der Waals surface area contributed by atoms with Crippen molar-refractivity contribution >= 4 is 5.97 Å². The fourth-order valence-electron chi connectivity index (χ4n) is 12.6. The minimum Gasteiger partial charge on any atom is -0.466 e. The number of hydrogen-bond donors (Lipinski definition) is 6. The van der Waals surface area contributed by atoms with Crippen LogP contribution in [-0.4, -0.2) is 130 Å². The number of hydrogen-bond acceptors (Lipinski definition) is 10. The predicted molar refractivity (Wildman–Crippen MR) is 361 cm³/mol. The second-order valence-electron chi connectivity index (χ2n) is 26.3. The van der Waals surface area contributed by atoms with Crippen molar-refractivity contribution in [2.45, 2.75) is 367 Å². The smallest absolute Gasteiger partial charge is 0.305 e. The summed E-state index contributed by atoms with van der Waals surface area (Å²) < 4.78 is 5.46. The van der Waals surface area contributed by atoms with E-state index in [2.05, 4.69) is 68.7 Å². The summed E-state index contributed by atoms with van der Waals surface area (Å²) in [5, 5.41) is 65.8. The Bertz CT molecular complexity index is 1380. The van der Waals surface area contributed by atoms with Gasteiger partial charge in [-0.2, -0.15) is 0 Å². The molecule has 0 amide bonds. The number of nitrogens with zero attached hydrogens (tertiary/aromatic N) is 2. The highest BCUT2D eigenvalue weighted by atomic mass is 16.5. The summed E-state index contributed by atoms with van der Waals surface area (Å²) >= 11 is 0. The molecule has 0 bridgehead atoms. The summed E-state index contributed by atoms with van der Waals surface area (Å²) in [6.45, 7) is 15.7. The third-order valence-electron chi connectivity index (χ3n) is 17.9. The molecular weight excluding hydrogens is 1040 g/mol. The topological polar surface area (TPSA) is 154 Å². The first kappa shape index (κ1) is 82.6. The molecule has 10 nitrogen and oxygen atoms in total. The van der Waals surface area contributed by atoms with E-state index in [0.717, 1.165) is 154 Å². The number of carbonyl (C=O) groups excluding carboxylic acids is 1. The SMILES string of the molecule is CCCCC/C=C\C/C=C\CCCCCCC[C@H](O)CN(CCCO)C[C@H](O)C(CCCCCC)CCCCC(CCCC)CC(CCCCCCCC)C[C@@H](O)CN(CCCCO)C[C@@H](O)CCCCCCCOC(=O)CCCCCCC. The van der Waals surface area contributed by atoms with Crippen molar-refractivity contribution in [2.24, 2.45) is 17.8 Å². The number of rotatable bonds is 68. The lowest BCUT2D eigenvalue weighted by Crippen LogP contribution is -2.41. The lowest BCUT2D eigenvalue weighted by atomic mass is 9.81. The van der Waals surface area contributed by atoms with Crippen LogP contribution in [-0.2, 0) is 9.53 Å². The first-order valence-corrected chi connectivity index (χ1v) is 36.9. The first-order chi connectivity index (χ1) is 41.1. The summed E-state index contributed by atoms with van der Waals surface area (Å²) in [7, 11) is 0. The first-order valence-electron chi connectivity index (χ1n) is 36.9. The molecule has 0 aromatic rings. The van der Waals surface area contributed by atoms with Crippen LogP contribution in [0.4, 0.5) is 0 Å². The van der Waals surface area contributed by atoms with E-state index >= 15 is 0 Å². The average molecular weight is 1190 g/mol. The van der Waals surface area contributed by atoms with E-state index in [1.54, 1.807) is 0 Å². The number of esters is 1. The van der Waals surface area contributed by atoms with Crippen molar-refractivity contribution in [3.63, 3.8) is 0 Å². The highest BCUT2D eigenvalue weighted by Crippen LogP contribution is 2.32. The second kappa shape index (κ2) is 64.6. The molecule has 0 fully saturated rings. The van der Waals surface area contributed by atoms with Crippen LogP contribution in [0.2, 0.25) is 0 Å². The van der Waals surface area contributed by atoms with E-state index in [4.69, 9.17) is 4.74 Å². The van der Waals surface area contributed by atoms with Crippen LogP contribution in [0.3, 0.4) is 0 Å². The normalized spacial score (nSPS) is 14.8. The number of unbranched alkanes of at least 4 members (excludes halogenated alkanes) is 27. The zero-order chi connectivity index (χ0) is 61.6. The fourth-order valence-corrected chi connectivity index (χ4v) is 12.6. The molecule has 10 heteroatoms. The van der Waals surface area contributed by atoms with E-state index in [9.17, 15) is 35.4 Å². The number of ether oxygens (including phenoxy) is 1. The van der Waals surface area contributed by atoms with Gasteiger partial charge in [-0.3, -0.25) is 14.6 Å². The number of allylic oxidation sites excluding steroid dienone is 4. The molecule has 7 atom stereocenters. The highest BCUT2D eigenvalue weighted by Gasteiger charge is 2.25. The number of aliphatic hydroxyl groups excluding tert-OH is 6. The van der Waals surface area contributed by atoms with Gasteiger partial charge in [-0.05, 0) is 127 Å². The third-order valence-corrected chi connectivity index (χ3v) is 17.9. The third kappa shape index (κ3) is 55.9. The molecule has 0 aliphatic carbocycles. The Morgan fingerprint density at radius 2 is 0.798 bits per heavy atom. The fraction of sp³-hybridized carbons (Fsp3) is 0.932. The maximum atomic E-state index is 12.1. The number of aliphatic hydroxyl groups is 6. The summed E-state index contributed by atoms with van der Waals surface area (Å²) in [5.41, 5.74) is 0. The summed E-state index contributed by atoms with van der Waals surface area (Å²) in [5.74, 6) is 1.24. The van der Waals surface area contributed by atoms with Crippen molar-refractivity contribution in [1.82, 2.24) is 9.80 Å². The van der Waals surface area contributed by atoms with Crippen LogP contribution in [0.5, 0.6) is 0 Å². The quantitative estimate of drug-likeness (QED) is 0.0197. The molecule has 0 heterocycles. The molecule has 0 radical (unpaired) electrons. The van der Waals surface area contributed by atoms with Crippen molar-refractivity contribution in [3.05, 3.63) is 24.3 Å². The van der Waals surface area contributed by atoms with E-state index in [1.807, 2.05) is 0 Å². The second-order valence-corrected chi connectivity index (χ2v) is 26.3. The molecule has 0 saturated heterocycles. The van der Waals surface area contributed by atoms with Gasteiger partial charge in [0.1, 0.15) is 0 Å². The molecule has 84 heavy (non-hydrogen) atoms. The van der Waals surface area contributed by atoms with Gasteiger partial charge in [0.25, 0.3) is 0 Å². The Balaban J connectivity index is 5.50. The van der Waals surface area contributed by atoms with Gasteiger partial charge in [-0.25, -0.2) is 0 Å². The molecule has 0 saturated carbocycles. The van der Waals surface area contributed by atoms with Crippen LogP contribution in [0.25, 0.3) is 0 Å². The monoisotopic (exact) mass is 1190 g/mol.